The van der Waals surface area contributed by atoms with Gasteiger partial charge in [0, 0.05) is 5.56 Å². The van der Waals surface area contributed by atoms with E-state index in [1.54, 1.807) is 56.7 Å². The summed E-state index contributed by atoms with van der Waals surface area (Å²) in [5.74, 6) is 1.37. The maximum absolute atomic E-state index is 12.1. The van der Waals surface area contributed by atoms with Gasteiger partial charge in [-0.15, -0.1) is 10.2 Å². The number of methoxy groups -OCH3 is 2. The number of benzene rings is 2. The molecule has 0 atom stereocenters. The summed E-state index contributed by atoms with van der Waals surface area (Å²) in [6.07, 6.45) is 0. The van der Waals surface area contributed by atoms with Crippen molar-refractivity contribution in [1.29, 1.82) is 0 Å². The second kappa shape index (κ2) is 8.79. The number of amides is 1. The molecule has 2 aromatic carbocycles. The molecule has 0 aliphatic heterocycles. The van der Waals surface area contributed by atoms with Crippen molar-refractivity contribution in [3.05, 3.63) is 47.5 Å². The Bertz CT molecular complexity index is 948. The first-order chi connectivity index (χ1) is 13.1. The molecule has 0 aliphatic rings. The Hall–Kier alpha value is -2.71. The molecule has 0 aliphatic carbocycles. The summed E-state index contributed by atoms with van der Waals surface area (Å²) in [4.78, 5) is 12.1. The third-order valence-electron chi connectivity index (χ3n) is 3.51. The average Bonchev–Trinajstić information content (AvgIpc) is 3.16. The summed E-state index contributed by atoms with van der Waals surface area (Å²) in [5.41, 5.74) is 1.24. The number of ether oxygens (including phenoxy) is 2. The first-order valence-electron chi connectivity index (χ1n) is 7.84. The molecular weight excluding hydrogens is 390 g/mol. The molecule has 140 valence electrons. The van der Waals surface area contributed by atoms with E-state index < -0.39 is 0 Å². The highest BCUT2D eigenvalue weighted by Gasteiger charge is 2.14. The monoisotopic (exact) mass is 405 g/mol. The highest BCUT2D eigenvalue weighted by Crippen LogP contribution is 2.32. The van der Waals surface area contributed by atoms with Crippen molar-refractivity contribution < 1.29 is 18.7 Å². The van der Waals surface area contributed by atoms with Gasteiger partial charge in [0.1, 0.15) is 0 Å². The van der Waals surface area contributed by atoms with Crippen LogP contribution in [0.15, 0.2) is 52.1 Å². The largest absolute Gasteiger partial charge is 0.493 e. The molecular formula is C18H16ClN3O4S. The number of para-hydroxylation sites is 1. The van der Waals surface area contributed by atoms with Gasteiger partial charge in [-0.2, -0.15) is 0 Å². The van der Waals surface area contributed by atoms with Crippen LogP contribution in [0.5, 0.6) is 11.5 Å². The molecule has 1 aromatic heterocycles. The Morgan fingerprint density at radius 1 is 1.15 bits per heavy atom. The lowest BCUT2D eigenvalue weighted by atomic mass is 10.2. The number of carbonyl (C=O) groups is 1. The summed E-state index contributed by atoms with van der Waals surface area (Å²) in [5, 5.41) is 11.5. The van der Waals surface area contributed by atoms with Crippen LogP contribution >= 0.6 is 23.4 Å². The molecule has 3 aromatic rings. The van der Waals surface area contributed by atoms with Gasteiger partial charge in [0.05, 0.1) is 30.7 Å². The van der Waals surface area contributed by atoms with E-state index in [-0.39, 0.29) is 16.9 Å². The second-order valence-corrected chi connectivity index (χ2v) is 6.59. The van der Waals surface area contributed by atoms with Gasteiger partial charge in [-0.3, -0.25) is 4.79 Å². The summed E-state index contributed by atoms with van der Waals surface area (Å²) in [6.45, 7) is 0. The molecule has 1 N–H and O–H groups in total. The molecule has 27 heavy (non-hydrogen) atoms. The van der Waals surface area contributed by atoms with E-state index >= 15 is 0 Å². The van der Waals surface area contributed by atoms with E-state index in [0.717, 1.165) is 11.8 Å². The van der Waals surface area contributed by atoms with Gasteiger partial charge in [-0.1, -0.05) is 35.5 Å². The van der Waals surface area contributed by atoms with Gasteiger partial charge in [0.25, 0.3) is 5.22 Å². The van der Waals surface area contributed by atoms with Crippen molar-refractivity contribution in [2.75, 3.05) is 25.3 Å². The molecule has 7 nitrogen and oxygen atoms in total. The molecule has 0 radical (unpaired) electrons. The van der Waals surface area contributed by atoms with Crippen molar-refractivity contribution in [3.63, 3.8) is 0 Å². The van der Waals surface area contributed by atoms with Crippen molar-refractivity contribution in [2.24, 2.45) is 0 Å². The lowest BCUT2D eigenvalue weighted by Gasteiger charge is -2.07. The van der Waals surface area contributed by atoms with E-state index in [1.807, 2.05) is 0 Å². The van der Waals surface area contributed by atoms with Crippen molar-refractivity contribution in [3.8, 4) is 23.0 Å². The lowest BCUT2D eigenvalue weighted by molar-refractivity contribution is -0.113. The fraction of sp³-hybridized carbons (Fsp3) is 0.167. The smallest absolute Gasteiger partial charge is 0.277 e. The predicted molar refractivity (Wildman–Crippen MR) is 104 cm³/mol. The number of nitrogens with zero attached hydrogens (tertiary/aromatic N) is 2. The van der Waals surface area contributed by atoms with Crippen LogP contribution in [0.25, 0.3) is 11.5 Å². The molecule has 0 saturated carbocycles. The zero-order chi connectivity index (χ0) is 19.2. The van der Waals surface area contributed by atoms with Gasteiger partial charge in [-0.05, 0) is 30.3 Å². The number of anilines is 1. The molecule has 0 bridgehead atoms. The van der Waals surface area contributed by atoms with E-state index in [2.05, 4.69) is 15.5 Å². The van der Waals surface area contributed by atoms with Crippen LogP contribution in [0.3, 0.4) is 0 Å². The minimum absolute atomic E-state index is 0.110. The van der Waals surface area contributed by atoms with Crippen molar-refractivity contribution in [1.82, 2.24) is 10.2 Å². The fourth-order valence-electron chi connectivity index (χ4n) is 2.23. The Morgan fingerprint density at radius 2 is 1.93 bits per heavy atom. The Morgan fingerprint density at radius 3 is 2.67 bits per heavy atom. The van der Waals surface area contributed by atoms with Crippen LogP contribution in [-0.4, -0.2) is 36.1 Å². The van der Waals surface area contributed by atoms with Crippen molar-refractivity contribution in [2.45, 2.75) is 5.22 Å². The summed E-state index contributed by atoms with van der Waals surface area (Å²) >= 11 is 7.16. The number of hydrogen-bond acceptors (Lipinski definition) is 7. The fourth-order valence-corrected chi connectivity index (χ4v) is 2.98. The number of thioether (sulfide) groups is 1. The third-order valence-corrected chi connectivity index (χ3v) is 4.66. The average molecular weight is 406 g/mol. The zero-order valence-corrected chi connectivity index (χ0v) is 16.1. The second-order valence-electron chi connectivity index (χ2n) is 5.26. The maximum Gasteiger partial charge on any atom is 0.277 e. The molecule has 1 amide bonds. The van der Waals surface area contributed by atoms with Crippen LogP contribution in [0, 0.1) is 0 Å². The summed E-state index contributed by atoms with van der Waals surface area (Å²) < 4.78 is 16.1. The van der Waals surface area contributed by atoms with Crippen molar-refractivity contribution >= 4 is 35.0 Å². The van der Waals surface area contributed by atoms with Gasteiger partial charge in [-0.25, -0.2) is 0 Å². The standard InChI is InChI=1S/C18H16ClN3O4S/c1-24-14-8-7-11(9-15(14)25-2)17-21-22-18(26-17)27-10-16(23)20-13-6-4-3-5-12(13)19/h3-9H,10H2,1-2H3,(H,20,23). The highest BCUT2D eigenvalue weighted by molar-refractivity contribution is 7.99. The Balaban J connectivity index is 1.63. The van der Waals surface area contributed by atoms with Crippen LogP contribution in [-0.2, 0) is 4.79 Å². The van der Waals surface area contributed by atoms with Crippen LogP contribution in [0.1, 0.15) is 0 Å². The van der Waals surface area contributed by atoms with Crippen LogP contribution in [0.2, 0.25) is 5.02 Å². The SMILES string of the molecule is COc1ccc(-c2nnc(SCC(=O)Nc3ccccc3Cl)o2)cc1OC. The first kappa shape index (κ1) is 19.1. The number of carbonyl (C=O) groups excluding carboxylic acids is 1. The van der Waals surface area contributed by atoms with Gasteiger partial charge >= 0.3 is 0 Å². The number of aromatic nitrogens is 2. The molecule has 0 unspecified atom stereocenters. The van der Waals surface area contributed by atoms with E-state index in [0.29, 0.717) is 33.7 Å². The number of rotatable bonds is 7. The molecule has 3 rings (SSSR count). The number of hydrogen-bond donors (Lipinski definition) is 1. The Kier molecular flexibility index (Phi) is 6.20. The van der Waals surface area contributed by atoms with Gasteiger partial charge in [0.2, 0.25) is 11.8 Å². The normalized spacial score (nSPS) is 10.5. The minimum atomic E-state index is -0.223. The maximum atomic E-state index is 12.1. The van der Waals surface area contributed by atoms with E-state index in [9.17, 15) is 4.79 Å². The highest BCUT2D eigenvalue weighted by atomic mass is 35.5. The third kappa shape index (κ3) is 4.72. The zero-order valence-electron chi connectivity index (χ0n) is 14.6. The predicted octanol–water partition coefficient (Wildman–Crippen LogP) is 4.14. The minimum Gasteiger partial charge on any atom is -0.493 e. The van der Waals surface area contributed by atoms with E-state index in [1.165, 1.54) is 0 Å². The number of halogens is 1. The summed E-state index contributed by atoms with van der Waals surface area (Å²) in [6, 6.07) is 12.3. The topological polar surface area (TPSA) is 86.5 Å². The molecule has 0 saturated heterocycles. The van der Waals surface area contributed by atoms with Gasteiger partial charge in [0.15, 0.2) is 11.5 Å². The molecule has 1 heterocycles. The lowest BCUT2D eigenvalue weighted by Crippen LogP contribution is -2.14. The molecule has 0 fully saturated rings. The number of nitrogens with one attached hydrogen (secondary N) is 1. The van der Waals surface area contributed by atoms with Gasteiger partial charge < -0.3 is 19.2 Å². The summed E-state index contributed by atoms with van der Waals surface area (Å²) in [7, 11) is 3.11. The van der Waals surface area contributed by atoms with Crippen LogP contribution < -0.4 is 14.8 Å². The Labute approximate surface area is 165 Å². The first-order valence-corrected chi connectivity index (χ1v) is 9.20. The van der Waals surface area contributed by atoms with Crippen LogP contribution in [0.4, 0.5) is 5.69 Å². The van der Waals surface area contributed by atoms with E-state index in [4.69, 9.17) is 25.5 Å². The quantitative estimate of drug-likeness (QED) is 0.591. The molecule has 0 spiro atoms. The molecule has 9 heteroatoms.